The smallest absolute Gasteiger partial charge is 0.184 e. The van der Waals surface area contributed by atoms with Crippen LogP contribution in [0.1, 0.15) is 31.9 Å². The first-order valence-electron chi connectivity index (χ1n) is 5.17. The van der Waals surface area contributed by atoms with Crippen LogP contribution in [0, 0.1) is 0 Å². The van der Waals surface area contributed by atoms with E-state index in [2.05, 4.69) is 0 Å². The Bertz CT molecular complexity index is 312. The fourth-order valence-electron chi connectivity index (χ4n) is 1.20. The van der Waals surface area contributed by atoms with Crippen molar-refractivity contribution in [3.05, 3.63) is 30.2 Å². The molecule has 0 saturated heterocycles. The topological polar surface area (TPSA) is 50.4 Å². The maximum atomic E-state index is 11.4. The Hall–Kier alpha value is -1.35. The van der Waals surface area contributed by atoms with E-state index in [0.29, 0.717) is 12.2 Å². The number of furan rings is 1. The molecule has 1 rings (SSSR count). The molecule has 0 fully saturated rings. The molecule has 0 aliphatic heterocycles. The second-order valence-electron chi connectivity index (χ2n) is 3.41. The molecule has 1 aromatic heterocycles. The Kier molecular flexibility index (Phi) is 4.84. The van der Waals surface area contributed by atoms with Crippen molar-refractivity contribution in [3.63, 3.8) is 0 Å². The van der Waals surface area contributed by atoms with E-state index in [1.165, 1.54) is 12.3 Å². The molecule has 0 saturated carbocycles. The van der Waals surface area contributed by atoms with Gasteiger partial charge >= 0.3 is 0 Å². The normalized spacial score (nSPS) is 13.2. The zero-order valence-electron chi connectivity index (χ0n) is 8.85. The first kappa shape index (κ1) is 11.7. The molecule has 1 heterocycles. The highest BCUT2D eigenvalue weighted by Crippen LogP contribution is 2.05. The molecule has 1 atom stereocenters. The highest BCUT2D eigenvalue weighted by molar-refractivity contribution is 5.96. The molecule has 1 N–H and O–H groups in total. The molecule has 0 spiro atoms. The Balaban J connectivity index is 2.41. The molecule has 0 unspecified atom stereocenters. The van der Waals surface area contributed by atoms with E-state index in [0.717, 1.165) is 12.8 Å². The van der Waals surface area contributed by atoms with Crippen LogP contribution >= 0.6 is 0 Å². The summed E-state index contributed by atoms with van der Waals surface area (Å²) < 4.78 is 5.02. The zero-order chi connectivity index (χ0) is 11.1. The monoisotopic (exact) mass is 208 g/mol. The van der Waals surface area contributed by atoms with Gasteiger partial charge in [0.2, 0.25) is 0 Å². The summed E-state index contributed by atoms with van der Waals surface area (Å²) in [5.41, 5.74) is 0. The van der Waals surface area contributed by atoms with E-state index in [1.807, 2.05) is 6.92 Å². The molecular weight excluding hydrogens is 192 g/mol. The molecule has 0 bridgehead atoms. The number of carbonyl (C=O) groups excluding carboxylic acids is 1. The number of carbonyl (C=O) groups is 1. The highest BCUT2D eigenvalue weighted by atomic mass is 16.3. The summed E-state index contributed by atoms with van der Waals surface area (Å²) in [6, 6.07) is 3.50. The van der Waals surface area contributed by atoms with Crippen LogP contribution in [0.2, 0.25) is 0 Å². The highest BCUT2D eigenvalue weighted by Gasteiger charge is 2.10. The Morgan fingerprint density at radius 1 is 1.67 bits per heavy atom. The molecule has 3 nitrogen and oxygen atoms in total. The van der Waals surface area contributed by atoms with Crippen molar-refractivity contribution in [2.24, 2.45) is 0 Å². The molecule has 82 valence electrons. The summed E-state index contributed by atoms with van der Waals surface area (Å²) >= 11 is 0. The summed E-state index contributed by atoms with van der Waals surface area (Å²) in [5, 5.41) is 9.45. The fraction of sp³-hybridized carbons (Fsp3) is 0.417. The lowest BCUT2D eigenvalue weighted by Crippen LogP contribution is -2.17. The van der Waals surface area contributed by atoms with Crippen LogP contribution in [0.15, 0.2) is 28.9 Å². The summed E-state index contributed by atoms with van der Waals surface area (Å²) in [6.07, 6.45) is 5.95. The van der Waals surface area contributed by atoms with E-state index in [4.69, 9.17) is 4.42 Å². The molecule has 15 heavy (non-hydrogen) atoms. The van der Waals surface area contributed by atoms with Crippen molar-refractivity contribution in [1.29, 1.82) is 0 Å². The van der Waals surface area contributed by atoms with Gasteiger partial charge in [0.15, 0.2) is 5.78 Å². The molecule has 0 aromatic carbocycles. The maximum absolute atomic E-state index is 11.4. The largest absolute Gasteiger partial charge is 0.465 e. The predicted octanol–water partition coefficient (Wildman–Crippen LogP) is 2.41. The second-order valence-corrected chi connectivity index (χ2v) is 3.41. The predicted molar refractivity (Wildman–Crippen MR) is 58.3 cm³/mol. The number of unbranched alkanes of at least 4 members (excludes halogenated alkanes) is 1. The molecule has 0 amide bonds. The Morgan fingerprint density at radius 3 is 3.07 bits per heavy atom. The van der Waals surface area contributed by atoms with Gasteiger partial charge in [0.05, 0.1) is 6.26 Å². The van der Waals surface area contributed by atoms with Crippen molar-refractivity contribution in [2.45, 2.75) is 32.3 Å². The Labute approximate surface area is 89.4 Å². The molecule has 0 radical (unpaired) electrons. The first-order chi connectivity index (χ1) is 7.24. The number of rotatable bonds is 6. The van der Waals surface area contributed by atoms with Gasteiger partial charge in [-0.3, -0.25) is 4.79 Å². The number of hydrogen-bond acceptors (Lipinski definition) is 3. The van der Waals surface area contributed by atoms with Gasteiger partial charge < -0.3 is 9.52 Å². The van der Waals surface area contributed by atoms with Gasteiger partial charge in [-0.2, -0.15) is 0 Å². The van der Waals surface area contributed by atoms with Crippen LogP contribution in [-0.4, -0.2) is 17.0 Å². The molecule has 1 aromatic rings. The minimum absolute atomic E-state index is 0.264. The van der Waals surface area contributed by atoms with Gasteiger partial charge in [-0.15, -0.1) is 0 Å². The number of ketones is 1. The quantitative estimate of drug-likeness (QED) is 0.730. The number of aliphatic hydroxyl groups is 1. The third-order valence-corrected chi connectivity index (χ3v) is 2.11. The van der Waals surface area contributed by atoms with E-state index in [9.17, 15) is 9.90 Å². The van der Waals surface area contributed by atoms with Crippen LogP contribution in [0.5, 0.6) is 0 Å². The van der Waals surface area contributed by atoms with E-state index in [1.54, 1.807) is 18.2 Å². The zero-order valence-corrected chi connectivity index (χ0v) is 8.85. The standard InChI is InChI=1S/C12H16O3/c1-2-3-6-11(13)12(14)8-7-10-5-4-9-15-10/h4-5,7-9,11,13H,2-3,6H2,1H3/b8-7+/t11-/m0/s1. The van der Waals surface area contributed by atoms with Crippen molar-refractivity contribution in [1.82, 2.24) is 0 Å². The lowest BCUT2D eigenvalue weighted by atomic mass is 10.1. The van der Waals surface area contributed by atoms with Gasteiger partial charge in [0.1, 0.15) is 11.9 Å². The first-order valence-corrected chi connectivity index (χ1v) is 5.17. The van der Waals surface area contributed by atoms with Gasteiger partial charge in [0.25, 0.3) is 0 Å². The van der Waals surface area contributed by atoms with E-state index >= 15 is 0 Å². The van der Waals surface area contributed by atoms with Crippen LogP contribution in [0.25, 0.3) is 6.08 Å². The summed E-state index contributed by atoms with van der Waals surface area (Å²) in [6.45, 7) is 2.02. The third-order valence-electron chi connectivity index (χ3n) is 2.11. The third kappa shape index (κ3) is 4.13. The number of aliphatic hydroxyl groups excluding tert-OH is 1. The van der Waals surface area contributed by atoms with Crippen LogP contribution in [-0.2, 0) is 4.79 Å². The van der Waals surface area contributed by atoms with Gasteiger partial charge in [0, 0.05) is 0 Å². The summed E-state index contributed by atoms with van der Waals surface area (Å²) in [7, 11) is 0. The Morgan fingerprint density at radius 2 is 2.47 bits per heavy atom. The number of hydrogen-bond donors (Lipinski definition) is 1. The van der Waals surface area contributed by atoms with Crippen LogP contribution in [0.4, 0.5) is 0 Å². The molecular formula is C12H16O3. The van der Waals surface area contributed by atoms with Gasteiger partial charge in [-0.05, 0) is 30.7 Å². The van der Waals surface area contributed by atoms with Gasteiger partial charge in [-0.25, -0.2) is 0 Å². The maximum Gasteiger partial charge on any atom is 0.184 e. The molecule has 0 aliphatic rings. The second kappa shape index (κ2) is 6.19. The van der Waals surface area contributed by atoms with Gasteiger partial charge in [-0.1, -0.05) is 19.8 Å². The van der Waals surface area contributed by atoms with Crippen molar-refractivity contribution >= 4 is 11.9 Å². The summed E-state index contributed by atoms with van der Waals surface area (Å²) in [4.78, 5) is 11.4. The summed E-state index contributed by atoms with van der Waals surface area (Å²) in [5.74, 6) is 0.353. The molecule has 3 heteroatoms. The lowest BCUT2D eigenvalue weighted by Gasteiger charge is -2.04. The fourth-order valence-corrected chi connectivity index (χ4v) is 1.20. The van der Waals surface area contributed by atoms with E-state index in [-0.39, 0.29) is 5.78 Å². The lowest BCUT2D eigenvalue weighted by molar-refractivity contribution is -0.122. The SMILES string of the molecule is CCCC[C@H](O)C(=O)/C=C/c1ccco1. The average Bonchev–Trinajstić information content (AvgIpc) is 2.75. The van der Waals surface area contributed by atoms with Crippen LogP contribution < -0.4 is 0 Å². The minimum Gasteiger partial charge on any atom is -0.465 e. The van der Waals surface area contributed by atoms with Crippen molar-refractivity contribution in [2.75, 3.05) is 0 Å². The minimum atomic E-state index is -0.879. The average molecular weight is 208 g/mol. The van der Waals surface area contributed by atoms with Crippen LogP contribution in [0.3, 0.4) is 0 Å². The van der Waals surface area contributed by atoms with Crippen molar-refractivity contribution in [3.8, 4) is 0 Å². The van der Waals surface area contributed by atoms with Crippen molar-refractivity contribution < 1.29 is 14.3 Å². The molecule has 0 aliphatic carbocycles. The van der Waals surface area contributed by atoms with E-state index < -0.39 is 6.10 Å².